The second-order valence-electron chi connectivity index (χ2n) is 4.24. The smallest absolute Gasteiger partial charge is 0.130 e. The molecule has 2 nitrogen and oxygen atoms in total. The van der Waals surface area contributed by atoms with E-state index < -0.39 is 0 Å². The van der Waals surface area contributed by atoms with Crippen LogP contribution in [0, 0.1) is 0 Å². The highest BCUT2D eigenvalue weighted by Crippen LogP contribution is 2.31. The van der Waals surface area contributed by atoms with Gasteiger partial charge in [0.15, 0.2) is 0 Å². The highest BCUT2D eigenvalue weighted by atomic mass is 35.5. The molecule has 0 aliphatic rings. The van der Waals surface area contributed by atoms with Crippen molar-refractivity contribution < 1.29 is 4.74 Å². The maximum atomic E-state index is 6.02. The van der Waals surface area contributed by atoms with Gasteiger partial charge in [-0.15, -0.1) is 0 Å². The third kappa shape index (κ3) is 2.27. The van der Waals surface area contributed by atoms with Gasteiger partial charge >= 0.3 is 0 Å². The Morgan fingerprint density at radius 1 is 1.00 bits per heavy atom. The largest absolute Gasteiger partial charge is 0.496 e. The molecule has 1 aromatic heterocycles. The van der Waals surface area contributed by atoms with Crippen LogP contribution in [-0.2, 0) is 0 Å². The molecule has 0 bridgehead atoms. The number of methoxy groups -OCH3 is 1. The normalized spacial score (nSPS) is 10.6. The summed E-state index contributed by atoms with van der Waals surface area (Å²) in [7, 11) is 1.66. The monoisotopic (exact) mass is 269 g/mol. The van der Waals surface area contributed by atoms with Gasteiger partial charge in [-0.2, -0.15) is 0 Å². The number of fused-ring (bicyclic) bond motifs is 1. The van der Waals surface area contributed by atoms with Gasteiger partial charge in [0.05, 0.1) is 18.3 Å². The van der Waals surface area contributed by atoms with Crippen LogP contribution in [0.5, 0.6) is 5.75 Å². The Morgan fingerprint density at radius 2 is 1.79 bits per heavy atom. The highest BCUT2D eigenvalue weighted by molar-refractivity contribution is 6.31. The first kappa shape index (κ1) is 12.0. The van der Waals surface area contributed by atoms with Crippen molar-refractivity contribution in [1.82, 2.24) is 4.98 Å². The summed E-state index contributed by atoms with van der Waals surface area (Å²) in [6.07, 6.45) is 0. The Morgan fingerprint density at radius 3 is 2.53 bits per heavy atom. The lowest BCUT2D eigenvalue weighted by atomic mass is 10.1. The first-order chi connectivity index (χ1) is 9.28. The maximum absolute atomic E-state index is 6.02. The van der Waals surface area contributed by atoms with Gasteiger partial charge in [0.25, 0.3) is 0 Å². The first-order valence-corrected chi connectivity index (χ1v) is 6.35. The van der Waals surface area contributed by atoms with Crippen molar-refractivity contribution in [2.45, 2.75) is 0 Å². The van der Waals surface area contributed by atoms with Gasteiger partial charge in [0.1, 0.15) is 5.75 Å². The lowest BCUT2D eigenvalue weighted by molar-refractivity contribution is 0.419. The van der Waals surface area contributed by atoms with E-state index in [-0.39, 0.29) is 0 Å². The van der Waals surface area contributed by atoms with Crippen molar-refractivity contribution in [3.8, 4) is 17.0 Å². The molecule has 2 aromatic carbocycles. The van der Waals surface area contributed by atoms with E-state index in [2.05, 4.69) is 4.98 Å². The van der Waals surface area contributed by atoms with E-state index >= 15 is 0 Å². The molecule has 3 heteroatoms. The molecule has 0 spiro atoms. The highest BCUT2D eigenvalue weighted by Gasteiger charge is 2.08. The third-order valence-corrected chi connectivity index (χ3v) is 3.26. The molecule has 3 rings (SSSR count). The number of hydrogen-bond acceptors (Lipinski definition) is 2. The van der Waals surface area contributed by atoms with Gasteiger partial charge in [-0.25, -0.2) is 4.98 Å². The second kappa shape index (κ2) is 4.90. The summed E-state index contributed by atoms with van der Waals surface area (Å²) in [6.45, 7) is 0. The van der Waals surface area contributed by atoms with Gasteiger partial charge in [0.2, 0.25) is 0 Å². The quantitative estimate of drug-likeness (QED) is 0.680. The molecule has 0 aliphatic heterocycles. The van der Waals surface area contributed by atoms with Crippen LogP contribution in [0.2, 0.25) is 5.02 Å². The van der Waals surface area contributed by atoms with E-state index in [1.54, 1.807) is 7.11 Å². The van der Waals surface area contributed by atoms with Crippen LogP contribution < -0.4 is 4.74 Å². The van der Waals surface area contributed by atoms with E-state index in [4.69, 9.17) is 16.3 Å². The van der Waals surface area contributed by atoms with Crippen molar-refractivity contribution >= 4 is 22.5 Å². The van der Waals surface area contributed by atoms with Gasteiger partial charge < -0.3 is 4.74 Å². The molecular weight excluding hydrogens is 258 g/mol. The average molecular weight is 270 g/mol. The number of hydrogen-bond donors (Lipinski definition) is 0. The fourth-order valence-electron chi connectivity index (χ4n) is 2.09. The molecule has 3 aromatic rings. The standard InChI is InChI=1S/C16H12ClNO/c1-19-16-10-15(11-5-3-2-4-6-11)18-14-8-7-12(17)9-13(14)16/h2-10H,1H3. The van der Waals surface area contributed by atoms with Crippen molar-refractivity contribution in [3.05, 3.63) is 59.6 Å². The summed E-state index contributed by atoms with van der Waals surface area (Å²) in [6, 6.07) is 17.6. The van der Waals surface area contributed by atoms with Crippen LogP contribution in [-0.4, -0.2) is 12.1 Å². The van der Waals surface area contributed by atoms with Gasteiger partial charge in [-0.3, -0.25) is 0 Å². The zero-order valence-corrected chi connectivity index (χ0v) is 11.2. The Kier molecular flexibility index (Phi) is 3.10. The Bertz CT molecular complexity index is 725. The molecule has 0 saturated heterocycles. The molecule has 0 amide bonds. The predicted molar refractivity (Wildman–Crippen MR) is 78.7 cm³/mol. The Labute approximate surface area is 116 Å². The molecule has 0 aliphatic carbocycles. The van der Waals surface area contributed by atoms with Crippen LogP contribution in [0.4, 0.5) is 0 Å². The number of rotatable bonds is 2. The van der Waals surface area contributed by atoms with Crippen LogP contribution in [0.15, 0.2) is 54.6 Å². The first-order valence-electron chi connectivity index (χ1n) is 5.97. The van der Waals surface area contributed by atoms with E-state index in [0.29, 0.717) is 5.02 Å². The van der Waals surface area contributed by atoms with Crippen molar-refractivity contribution in [2.24, 2.45) is 0 Å². The number of halogens is 1. The van der Waals surface area contributed by atoms with E-state index in [0.717, 1.165) is 27.9 Å². The molecule has 94 valence electrons. The summed E-state index contributed by atoms with van der Waals surface area (Å²) >= 11 is 6.02. The van der Waals surface area contributed by atoms with Crippen LogP contribution in [0.3, 0.4) is 0 Å². The molecule has 0 N–H and O–H groups in total. The topological polar surface area (TPSA) is 22.1 Å². The summed E-state index contributed by atoms with van der Waals surface area (Å²) in [4.78, 5) is 4.66. The molecule has 19 heavy (non-hydrogen) atoms. The van der Waals surface area contributed by atoms with Crippen LogP contribution in [0.1, 0.15) is 0 Å². The van der Waals surface area contributed by atoms with Gasteiger partial charge in [0, 0.05) is 22.0 Å². The number of benzene rings is 2. The molecular formula is C16H12ClNO. The fraction of sp³-hybridized carbons (Fsp3) is 0.0625. The minimum absolute atomic E-state index is 0.681. The summed E-state index contributed by atoms with van der Waals surface area (Å²) < 4.78 is 5.45. The number of nitrogens with zero attached hydrogens (tertiary/aromatic N) is 1. The Balaban J connectivity index is 2.26. The zero-order chi connectivity index (χ0) is 13.2. The number of pyridine rings is 1. The SMILES string of the molecule is COc1cc(-c2ccccc2)nc2ccc(Cl)cc12. The van der Waals surface area contributed by atoms with Gasteiger partial charge in [-0.05, 0) is 18.2 Å². The zero-order valence-electron chi connectivity index (χ0n) is 10.4. The van der Waals surface area contributed by atoms with E-state index in [9.17, 15) is 0 Å². The number of ether oxygens (including phenoxy) is 1. The van der Waals surface area contributed by atoms with Crippen molar-refractivity contribution in [2.75, 3.05) is 7.11 Å². The van der Waals surface area contributed by atoms with Crippen molar-refractivity contribution in [1.29, 1.82) is 0 Å². The summed E-state index contributed by atoms with van der Waals surface area (Å²) in [5.41, 5.74) is 2.84. The minimum atomic E-state index is 0.681. The molecule has 0 unspecified atom stereocenters. The minimum Gasteiger partial charge on any atom is -0.496 e. The van der Waals surface area contributed by atoms with Crippen LogP contribution >= 0.6 is 11.6 Å². The predicted octanol–water partition coefficient (Wildman–Crippen LogP) is 4.56. The molecule has 0 radical (unpaired) electrons. The summed E-state index contributed by atoms with van der Waals surface area (Å²) in [5.74, 6) is 0.784. The molecule has 0 saturated carbocycles. The summed E-state index contributed by atoms with van der Waals surface area (Å²) in [5, 5.41) is 1.61. The molecule has 0 fully saturated rings. The number of aromatic nitrogens is 1. The third-order valence-electron chi connectivity index (χ3n) is 3.02. The van der Waals surface area contributed by atoms with Gasteiger partial charge in [-0.1, -0.05) is 41.9 Å². The molecule has 0 atom stereocenters. The van der Waals surface area contributed by atoms with Crippen LogP contribution in [0.25, 0.3) is 22.2 Å². The Hall–Kier alpha value is -2.06. The second-order valence-corrected chi connectivity index (χ2v) is 4.67. The lowest BCUT2D eigenvalue weighted by Crippen LogP contribution is -1.91. The average Bonchev–Trinajstić information content (AvgIpc) is 2.47. The van der Waals surface area contributed by atoms with E-state index in [1.807, 2.05) is 54.6 Å². The fourth-order valence-corrected chi connectivity index (χ4v) is 2.26. The lowest BCUT2D eigenvalue weighted by Gasteiger charge is -2.09. The maximum Gasteiger partial charge on any atom is 0.130 e. The van der Waals surface area contributed by atoms with Crippen molar-refractivity contribution in [3.63, 3.8) is 0 Å². The molecule has 1 heterocycles. The van der Waals surface area contributed by atoms with E-state index in [1.165, 1.54) is 0 Å².